The van der Waals surface area contributed by atoms with Crippen LogP contribution in [0.2, 0.25) is 0 Å². The molecule has 0 aromatic carbocycles. The molecule has 0 aliphatic carbocycles. The van der Waals surface area contributed by atoms with Gasteiger partial charge < -0.3 is 9.80 Å². The van der Waals surface area contributed by atoms with Gasteiger partial charge in [-0.1, -0.05) is 152 Å². The van der Waals surface area contributed by atoms with Crippen molar-refractivity contribution in [1.82, 2.24) is 9.80 Å². The lowest BCUT2D eigenvalue weighted by Crippen LogP contribution is -2.33. The molecule has 2 heteroatoms. The fourth-order valence-corrected chi connectivity index (χ4v) is 6.29. The standard InChI is InChI=1S/C44H84N2/c1-6-8-10-12-14-16-18-20-22-24-26-28-30-32-34-36-40-44(46(5)43-39-38-42-45(3)4)41-37-35-33-31-29-27-25-23-21-19-17-15-13-11-9-7-2/h14-17,20-23,44H,6-13,18-19,24-43H2,1-5H3. The summed E-state index contributed by atoms with van der Waals surface area (Å²) in [4.78, 5) is 5.04. The van der Waals surface area contributed by atoms with E-state index in [9.17, 15) is 0 Å². The van der Waals surface area contributed by atoms with Crippen LogP contribution in [-0.2, 0) is 0 Å². The van der Waals surface area contributed by atoms with Crippen molar-refractivity contribution in [2.24, 2.45) is 0 Å². The molecule has 0 radical (unpaired) electrons. The molecule has 0 heterocycles. The molecular formula is C44H84N2. The van der Waals surface area contributed by atoms with E-state index in [1.165, 1.54) is 180 Å². The Morgan fingerprint density at radius 1 is 0.370 bits per heavy atom. The summed E-state index contributed by atoms with van der Waals surface area (Å²) in [6.07, 6.45) is 56.7. The predicted octanol–water partition coefficient (Wildman–Crippen LogP) is 14.0. The third-order valence-corrected chi connectivity index (χ3v) is 9.47. The van der Waals surface area contributed by atoms with Gasteiger partial charge in [0.2, 0.25) is 0 Å². The van der Waals surface area contributed by atoms with Crippen LogP contribution in [0.5, 0.6) is 0 Å². The largest absolute Gasteiger partial charge is 0.309 e. The number of rotatable bonds is 36. The number of nitrogens with zero attached hydrogens (tertiary/aromatic N) is 2. The second-order valence-corrected chi connectivity index (χ2v) is 14.4. The molecule has 0 aromatic rings. The minimum absolute atomic E-state index is 0.788. The number of unbranched alkanes of at least 4 members (excludes halogenated alkanes) is 19. The van der Waals surface area contributed by atoms with E-state index in [0.29, 0.717) is 0 Å². The Kier molecular flexibility index (Phi) is 37.4. The van der Waals surface area contributed by atoms with Gasteiger partial charge in [0.1, 0.15) is 0 Å². The van der Waals surface area contributed by atoms with E-state index in [1.807, 2.05) is 0 Å². The number of allylic oxidation sites excluding steroid dienone is 8. The van der Waals surface area contributed by atoms with Crippen LogP contribution in [-0.4, -0.2) is 50.1 Å². The van der Waals surface area contributed by atoms with Crippen molar-refractivity contribution in [3.63, 3.8) is 0 Å². The van der Waals surface area contributed by atoms with Gasteiger partial charge in [0.15, 0.2) is 0 Å². The predicted molar refractivity (Wildman–Crippen MR) is 212 cm³/mol. The Labute approximate surface area is 291 Å². The molecule has 0 unspecified atom stereocenters. The molecule has 0 rings (SSSR count). The van der Waals surface area contributed by atoms with Crippen LogP contribution in [0.3, 0.4) is 0 Å². The maximum absolute atomic E-state index is 2.72. The van der Waals surface area contributed by atoms with E-state index < -0.39 is 0 Å². The van der Waals surface area contributed by atoms with E-state index in [4.69, 9.17) is 0 Å². The van der Waals surface area contributed by atoms with Crippen LogP contribution in [0, 0.1) is 0 Å². The highest BCUT2D eigenvalue weighted by atomic mass is 15.1. The van der Waals surface area contributed by atoms with Crippen molar-refractivity contribution >= 4 is 0 Å². The fraction of sp³-hybridized carbons (Fsp3) is 0.818. The lowest BCUT2D eigenvalue weighted by atomic mass is 9.98. The number of hydrogen-bond donors (Lipinski definition) is 0. The van der Waals surface area contributed by atoms with Crippen molar-refractivity contribution < 1.29 is 0 Å². The molecule has 270 valence electrons. The van der Waals surface area contributed by atoms with Gasteiger partial charge in [0.25, 0.3) is 0 Å². The Hall–Kier alpha value is -1.12. The van der Waals surface area contributed by atoms with Gasteiger partial charge in [0.05, 0.1) is 0 Å². The van der Waals surface area contributed by atoms with Crippen molar-refractivity contribution in [1.29, 1.82) is 0 Å². The van der Waals surface area contributed by atoms with Gasteiger partial charge in [0, 0.05) is 6.04 Å². The van der Waals surface area contributed by atoms with Crippen LogP contribution in [0.25, 0.3) is 0 Å². The second-order valence-electron chi connectivity index (χ2n) is 14.4. The van der Waals surface area contributed by atoms with Gasteiger partial charge in [-0.2, -0.15) is 0 Å². The van der Waals surface area contributed by atoms with Crippen LogP contribution in [0.4, 0.5) is 0 Å². The van der Waals surface area contributed by atoms with E-state index >= 15 is 0 Å². The summed E-state index contributed by atoms with van der Waals surface area (Å²) in [7, 11) is 6.80. The highest BCUT2D eigenvalue weighted by Gasteiger charge is 2.14. The Bertz CT molecular complexity index is 640. The first-order chi connectivity index (χ1) is 22.6. The molecule has 0 aliphatic heterocycles. The third kappa shape index (κ3) is 35.7. The molecule has 0 spiro atoms. The van der Waals surface area contributed by atoms with E-state index in [2.05, 4.69) is 93.4 Å². The summed E-state index contributed by atoms with van der Waals surface area (Å²) < 4.78 is 0. The monoisotopic (exact) mass is 641 g/mol. The van der Waals surface area contributed by atoms with E-state index in [-0.39, 0.29) is 0 Å². The van der Waals surface area contributed by atoms with Crippen LogP contribution >= 0.6 is 0 Å². The van der Waals surface area contributed by atoms with Gasteiger partial charge in [-0.3, -0.25) is 0 Å². The van der Waals surface area contributed by atoms with Gasteiger partial charge in [-0.25, -0.2) is 0 Å². The lowest BCUT2D eigenvalue weighted by molar-refractivity contribution is 0.203. The SMILES string of the molecule is CCCCCC=CCC=CCCCCCCCCC(CCCCCCCCC=CCC=CCCCCC)N(C)CCCCN(C)C. The van der Waals surface area contributed by atoms with Gasteiger partial charge >= 0.3 is 0 Å². The average molecular weight is 641 g/mol. The van der Waals surface area contributed by atoms with E-state index in [1.54, 1.807) is 0 Å². The van der Waals surface area contributed by atoms with Crippen molar-refractivity contribution in [3.8, 4) is 0 Å². The summed E-state index contributed by atoms with van der Waals surface area (Å²) in [5, 5.41) is 0. The first-order valence-corrected chi connectivity index (χ1v) is 20.6. The summed E-state index contributed by atoms with van der Waals surface area (Å²) in [6, 6.07) is 0.788. The molecular weight excluding hydrogens is 556 g/mol. The number of hydrogen-bond acceptors (Lipinski definition) is 2. The topological polar surface area (TPSA) is 6.48 Å². The van der Waals surface area contributed by atoms with Crippen molar-refractivity contribution in [3.05, 3.63) is 48.6 Å². The summed E-state index contributed by atoms with van der Waals surface area (Å²) >= 11 is 0. The fourth-order valence-electron chi connectivity index (χ4n) is 6.29. The summed E-state index contributed by atoms with van der Waals surface area (Å²) in [5.41, 5.74) is 0. The van der Waals surface area contributed by atoms with Crippen molar-refractivity contribution in [2.45, 2.75) is 200 Å². The molecule has 0 fully saturated rings. The van der Waals surface area contributed by atoms with Crippen LogP contribution < -0.4 is 0 Å². The molecule has 46 heavy (non-hydrogen) atoms. The molecule has 0 atom stereocenters. The summed E-state index contributed by atoms with van der Waals surface area (Å²) in [5.74, 6) is 0. The molecule has 0 N–H and O–H groups in total. The lowest BCUT2D eigenvalue weighted by Gasteiger charge is -2.28. The summed E-state index contributed by atoms with van der Waals surface area (Å²) in [6.45, 7) is 7.04. The minimum Gasteiger partial charge on any atom is -0.309 e. The van der Waals surface area contributed by atoms with Gasteiger partial charge in [-0.15, -0.1) is 0 Å². The molecule has 0 saturated carbocycles. The normalized spacial score (nSPS) is 13.3. The molecule has 0 bridgehead atoms. The molecule has 0 aliphatic rings. The third-order valence-electron chi connectivity index (χ3n) is 9.47. The maximum atomic E-state index is 2.72. The average Bonchev–Trinajstić information content (AvgIpc) is 3.05. The molecule has 0 aromatic heterocycles. The van der Waals surface area contributed by atoms with E-state index in [0.717, 1.165) is 18.9 Å². The zero-order valence-corrected chi connectivity index (χ0v) is 32.3. The van der Waals surface area contributed by atoms with Crippen molar-refractivity contribution in [2.75, 3.05) is 34.2 Å². The highest BCUT2D eigenvalue weighted by Crippen LogP contribution is 2.19. The van der Waals surface area contributed by atoms with Crippen LogP contribution in [0.15, 0.2) is 48.6 Å². The first-order valence-electron chi connectivity index (χ1n) is 20.6. The molecule has 2 nitrogen and oxygen atoms in total. The molecule has 0 saturated heterocycles. The Morgan fingerprint density at radius 2 is 0.717 bits per heavy atom. The Balaban J connectivity index is 4.02. The minimum atomic E-state index is 0.788. The zero-order chi connectivity index (χ0) is 33.6. The maximum Gasteiger partial charge on any atom is 0.00922 e. The smallest absolute Gasteiger partial charge is 0.00922 e. The first kappa shape index (κ1) is 44.9. The quantitative estimate of drug-likeness (QED) is 0.0496. The molecule has 0 amide bonds. The van der Waals surface area contributed by atoms with Crippen LogP contribution in [0.1, 0.15) is 194 Å². The Morgan fingerprint density at radius 3 is 1.11 bits per heavy atom. The van der Waals surface area contributed by atoms with Gasteiger partial charge in [-0.05, 0) is 124 Å². The second kappa shape index (κ2) is 38.3. The zero-order valence-electron chi connectivity index (χ0n) is 32.3. The highest BCUT2D eigenvalue weighted by molar-refractivity contribution is 4.93.